The van der Waals surface area contributed by atoms with E-state index in [1.807, 2.05) is 6.07 Å². The number of benzene rings is 2. The van der Waals surface area contributed by atoms with E-state index in [0.29, 0.717) is 0 Å². The Morgan fingerprint density at radius 3 is 1.94 bits per heavy atom. The van der Waals surface area contributed by atoms with Crippen LogP contribution < -0.4 is 3.96 Å². The zero-order chi connectivity index (χ0) is 12.4. The Kier molecular flexibility index (Phi) is 2.95. The fraction of sp³-hybridized carbons (Fsp3) is 0.0625. The van der Waals surface area contributed by atoms with Crippen molar-refractivity contribution in [2.24, 2.45) is 7.05 Å². The maximum absolute atomic E-state index is 2.26. The molecule has 3 aromatic rings. The van der Waals surface area contributed by atoms with Gasteiger partial charge in [0.05, 0.1) is 0 Å². The Bertz CT molecular complexity index is 641. The molecule has 1 nitrogen and oxygen atoms in total. The third-order valence-electron chi connectivity index (χ3n) is 2.97. The van der Waals surface area contributed by atoms with Gasteiger partial charge in [-0.2, -0.15) is 0 Å². The number of hydrogen-bond donors (Lipinski definition) is 0. The van der Waals surface area contributed by atoms with E-state index in [1.54, 1.807) is 11.5 Å². The van der Waals surface area contributed by atoms with E-state index in [0.717, 1.165) is 0 Å². The molecule has 1 aromatic heterocycles. The number of nitrogens with zero attached hydrogens (tertiary/aromatic N) is 1. The van der Waals surface area contributed by atoms with Crippen LogP contribution in [0.25, 0.3) is 21.7 Å². The molecule has 0 aliphatic carbocycles. The molecule has 0 N–H and O–H groups in total. The van der Waals surface area contributed by atoms with Crippen LogP contribution in [0.1, 0.15) is 0 Å². The molecule has 0 aliphatic heterocycles. The zero-order valence-electron chi connectivity index (χ0n) is 10.2. The Morgan fingerprint density at radius 1 is 0.778 bits per heavy atom. The van der Waals surface area contributed by atoms with Gasteiger partial charge in [-0.1, -0.05) is 48.5 Å². The molecule has 0 radical (unpaired) electrons. The third-order valence-corrected chi connectivity index (χ3v) is 3.99. The summed E-state index contributed by atoms with van der Waals surface area (Å²) in [5.41, 5.74) is 3.80. The summed E-state index contributed by atoms with van der Waals surface area (Å²) in [5, 5.41) is 0. The first-order valence-corrected chi connectivity index (χ1v) is 6.73. The van der Waals surface area contributed by atoms with Crippen LogP contribution in [0.15, 0.2) is 66.7 Å². The summed E-state index contributed by atoms with van der Waals surface area (Å²) in [7, 11) is 2.11. The second-order valence-electron chi connectivity index (χ2n) is 4.21. The van der Waals surface area contributed by atoms with Gasteiger partial charge in [-0.15, -0.1) is 3.96 Å². The highest BCUT2D eigenvalue weighted by atomic mass is 32.1. The van der Waals surface area contributed by atoms with Crippen molar-refractivity contribution in [3.8, 4) is 21.7 Å². The Morgan fingerprint density at radius 2 is 1.33 bits per heavy atom. The minimum Gasteiger partial charge on any atom is -0.136 e. The van der Waals surface area contributed by atoms with E-state index < -0.39 is 0 Å². The van der Waals surface area contributed by atoms with Gasteiger partial charge in [0.1, 0.15) is 16.4 Å². The summed E-state index contributed by atoms with van der Waals surface area (Å²) in [4.78, 5) is 1.30. The lowest BCUT2D eigenvalue weighted by Gasteiger charge is -1.92. The first kappa shape index (κ1) is 11.2. The van der Waals surface area contributed by atoms with Crippen molar-refractivity contribution in [2.45, 2.75) is 0 Å². The predicted octanol–water partition coefficient (Wildman–Crippen LogP) is 3.91. The van der Waals surface area contributed by atoms with Gasteiger partial charge in [0.15, 0.2) is 7.05 Å². The summed E-state index contributed by atoms with van der Waals surface area (Å²) >= 11 is 1.78. The zero-order valence-corrected chi connectivity index (χ0v) is 11.0. The average Bonchev–Trinajstić information content (AvgIpc) is 2.83. The van der Waals surface area contributed by atoms with Crippen LogP contribution in [-0.2, 0) is 7.05 Å². The largest absolute Gasteiger partial charge is 0.227 e. The van der Waals surface area contributed by atoms with E-state index in [4.69, 9.17) is 0 Å². The molecule has 0 saturated heterocycles. The third kappa shape index (κ3) is 2.07. The Balaban J connectivity index is 2.07. The molecule has 0 atom stereocenters. The molecule has 2 heteroatoms. The SMILES string of the molecule is C[n+]1sc(-c2ccccc2)cc1-c1ccccc1. The summed E-state index contributed by atoms with van der Waals surface area (Å²) in [6.07, 6.45) is 0. The van der Waals surface area contributed by atoms with Crippen LogP contribution >= 0.6 is 11.5 Å². The maximum atomic E-state index is 2.26. The van der Waals surface area contributed by atoms with Crippen molar-refractivity contribution in [1.82, 2.24) is 0 Å². The van der Waals surface area contributed by atoms with Crippen molar-refractivity contribution in [2.75, 3.05) is 0 Å². The van der Waals surface area contributed by atoms with Gasteiger partial charge in [0.2, 0.25) is 5.69 Å². The molecule has 0 amide bonds. The molecule has 1 heterocycles. The smallest absolute Gasteiger partial charge is 0.136 e. The molecule has 0 spiro atoms. The number of hydrogen-bond acceptors (Lipinski definition) is 1. The van der Waals surface area contributed by atoms with E-state index in [2.05, 4.69) is 71.7 Å². The summed E-state index contributed by atoms with van der Waals surface area (Å²) in [6.45, 7) is 0. The van der Waals surface area contributed by atoms with Crippen molar-refractivity contribution >= 4 is 11.5 Å². The minimum absolute atomic E-state index is 1.26. The summed E-state index contributed by atoms with van der Waals surface area (Å²) < 4.78 is 2.22. The lowest BCUT2D eigenvalue weighted by atomic mass is 10.1. The maximum Gasteiger partial charge on any atom is 0.227 e. The van der Waals surface area contributed by atoms with Gasteiger partial charge in [0, 0.05) is 11.6 Å². The fourth-order valence-electron chi connectivity index (χ4n) is 2.05. The molecule has 18 heavy (non-hydrogen) atoms. The van der Waals surface area contributed by atoms with Gasteiger partial charge in [0.25, 0.3) is 0 Å². The molecule has 88 valence electrons. The lowest BCUT2D eigenvalue weighted by molar-refractivity contribution is -0.589. The first-order valence-electron chi connectivity index (χ1n) is 5.96. The minimum atomic E-state index is 1.26. The standard InChI is InChI=1S/C16H14NS/c1-17-15(13-8-4-2-5-9-13)12-16(18-17)14-10-6-3-7-11-14/h2-12H,1H3/q+1. The number of aryl methyl sites for hydroxylation is 1. The average molecular weight is 252 g/mol. The van der Waals surface area contributed by atoms with E-state index in [1.165, 1.54) is 21.7 Å². The molecular weight excluding hydrogens is 238 g/mol. The molecule has 0 aliphatic rings. The molecule has 0 saturated carbocycles. The van der Waals surface area contributed by atoms with Gasteiger partial charge in [-0.3, -0.25) is 0 Å². The van der Waals surface area contributed by atoms with E-state index in [-0.39, 0.29) is 0 Å². The molecule has 0 fully saturated rings. The quantitative estimate of drug-likeness (QED) is 0.609. The molecular formula is C16H14NS+. The molecule has 0 unspecified atom stereocenters. The highest BCUT2D eigenvalue weighted by Gasteiger charge is 2.16. The van der Waals surface area contributed by atoms with Crippen LogP contribution in [0, 0.1) is 0 Å². The normalized spacial score (nSPS) is 10.5. The van der Waals surface area contributed by atoms with Crippen LogP contribution in [0.2, 0.25) is 0 Å². The van der Waals surface area contributed by atoms with Crippen LogP contribution in [0.5, 0.6) is 0 Å². The van der Waals surface area contributed by atoms with E-state index in [9.17, 15) is 0 Å². The van der Waals surface area contributed by atoms with Crippen LogP contribution in [0.3, 0.4) is 0 Å². The number of rotatable bonds is 2. The van der Waals surface area contributed by atoms with Crippen LogP contribution in [-0.4, -0.2) is 0 Å². The van der Waals surface area contributed by atoms with Gasteiger partial charge in [-0.25, -0.2) is 0 Å². The number of aromatic nitrogens is 1. The van der Waals surface area contributed by atoms with Crippen molar-refractivity contribution < 1.29 is 3.96 Å². The topological polar surface area (TPSA) is 3.88 Å². The Hall–Kier alpha value is -1.93. The van der Waals surface area contributed by atoms with Crippen molar-refractivity contribution in [3.63, 3.8) is 0 Å². The van der Waals surface area contributed by atoms with Crippen LogP contribution in [0.4, 0.5) is 0 Å². The fourth-order valence-corrected chi connectivity index (χ4v) is 3.01. The predicted molar refractivity (Wildman–Crippen MR) is 76.4 cm³/mol. The molecule has 0 bridgehead atoms. The second kappa shape index (κ2) is 4.75. The van der Waals surface area contributed by atoms with Crippen molar-refractivity contribution in [1.29, 1.82) is 0 Å². The van der Waals surface area contributed by atoms with Gasteiger partial charge in [-0.05, 0) is 17.7 Å². The second-order valence-corrected chi connectivity index (χ2v) is 5.38. The monoisotopic (exact) mass is 252 g/mol. The Labute approximate surface area is 111 Å². The summed E-state index contributed by atoms with van der Waals surface area (Å²) in [5.74, 6) is 0. The lowest BCUT2D eigenvalue weighted by Crippen LogP contribution is -2.23. The molecule has 3 rings (SSSR count). The van der Waals surface area contributed by atoms with Gasteiger partial charge < -0.3 is 0 Å². The molecule has 2 aromatic carbocycles. The summed E-state index contributed by atoms with van der Waals surface area (Å²) in [6, 6.07) is 23.3. The van der Waals surface area contributed by atoms with Crippen molar-refractivity contribution in [3.05, 3.63) is 66.7 Å². The first-order chi connectivity index (χ1) is 8.84. The van der Waals surface area contributed by atoms with Gasteiger partial charge >= 0.3 is 0 Å². The highest BCUT2D eigenvalue weighted by Crippen LogP contribution is 2.27. The highest BCUT2D eigenvalue weighted by molar-refractivity contribution is 7.05. The van der Waals surface area contributed by atoms with E-state index >= 15 is 0 Å².